The summed E-state index contributed by atoms with van der Waals surface area (Å²) in [5.74, 6) is -0.992. The highest BCUT2D eigenvalue weighted by Crippen LogP contribution is 2.20. The van der Waals surface area contributed by atoms with Crippen LogP contribution in [0, 0.1) is 11.6 Å². The molecule has 2 rings (SSSR count). The molecule has 18 heavy (non-hydrogen) atoms. The summed E-state index contributed by atoms with van der Waals surface area (Å²) in [6.07, 6.45) is -1.13. The van der Waals surface area contributed by atoms with Crippen LogP contribution >= 0.6 is 0 Å². The number of para-hydroxylation sites is 1. The molecule has 94 valence electrons. The standard InChI is InChI=1S/C14H12F2O2/c15-11-6-2-1-5-10(11)13(17)9-18-14-8-4-3-7-12(14)16/h1-8,13,17H,9H2. The van der Waals surface area contributed by atoms with E-state index in [2.05, 4.69) is 0 Å². The molecule has 0 aliphatic rings. The van der Waals surface area contributed by atoms with E-state index in [-0.39, 0.29) is 17.9 Å². The monoisotopic (exact) mass is 250 g/mol. The second-order valence-electron chi connectivity index (χ2n) is 3.78. The number of hydrogen-bond donors (Lipinski definition) is 1. The van der Waals surface area contributed by atoms with Gasteiger partial charge in [-0.05, 0) is 18.2 Å². The van der Waals surface area contributed by atoms with E-state index in [1.165, 1.54) is 36.4 Å². The molecule has 0 aliphatic carbocycles. The Hall–Kier alpha value is -1.94. The summed E-state index contributed by atoms with van der Waals surface area (Å²) in [5.41, 5.74) is 0.133. The van der Waals surface area contributed by atoms with Crippen LogP contribution in [0.5, 0.6) is 5.75 Å². The first-order valence-corrected chi connectivity index (χ1v) is 5.48. The minimum absolute atomic E-state index is 0.0351. The molecule has 1 atom stereocenters. The Morgan fingerprint density at radius 1 is 0.944 bits per heavy atom. The molecule has 0 aromatic heterocycles. The van der Waals surface area contributed by atoms with Crippen LogP contribution < -0.4 is 4.74 Å². The highest BCUT2D eigenvalue weighted by molar-refractivity contribution is 5.24. The van der Waals surface area contributed by atoms with Crippen LogP contribution in [0.15, 0.2) is 48.5 Å². The van der Waals surface area contributed by atoms with Crippen molar-refractivity contribution in [3.8, 4) is 5.75 Å². The number of ether oxygens (including phenoxy) is 1. The summed E-state index contributed by atoms with van der Waals surface area (Å²) in [7, 11) is 0. The Kier molecular flexibility index (Phi) is 3.89. The molecule has 0 saturated carbocycles. The molecule has 2 aromatic carbocycles. The van der Waals surface area contributed by atoms with Gasteiger partial charge in [0.2, 0.25) is 0 Å². The topological polar surface area (TPSA) is 29.5 Å². The Morgan fingerprint density at radius 3 is 2.22 bits per heavy atom. The van der Waals surface area contributed by atoms with Gasteiger partial charge in [0, 0.05) is 5.56 Å². The van der Waals surface area contributed by atoms with Crippen molar-refractivity contribution >= 4 is 0 Å². The lowest BCUT2D eigenvalue weighted by Gasteiger charge is -2.13. The summed E-state index contributed by atoms with van der Waals surface area (Å²) in [4.78, 5) is 0. The minimum Gasteiger partial charge on any atom is -0.487 e. The number of halogens is 2. The van der Waals surface area contributed by atoms with Crippen molar-refractivity contribution in [1.82, 2.24) is 0 Å². The van der Waals surface area contributed by atoms with Gasteiger partial charge in [0.15, 0.2) is 11.6 Å². The van der Waals surface area contributed by atoms with E-state index < -0.39 is 17.7 Å². The number of aliphatic hydroxyl groups excluding tert-OH is 1. The molecule has 2 aromatic rings. The van der Waals surface area contributed by atoms with Gasteiger partial charge in [-0.2, -0.15) is 0 Å². The first kappa shape index (κ1) is 12.5. The average Bonchev–Trinajstić information content (AvgIpc) is 2.38. The number of hydrogen-bond acceptors (Lipinski definition) is 2. The third kappa shape index (κ3) is 2.84. The van der Waals surface area contributed by atoms with Gasteiger partial charge in [-0.25, -0.2) is 8.78 Å². The maximum Gasteiger partial charge on any atom is 0.165 e. The second-order valence-corrected chi connectivity index (χ2v) is 3.78. The zero-order chi connectivity index (χ0) is 13.0. The first-order valence-electron chi connectivity index (χ1n) is 5.48. The zero-order valence-corrected chi connectivity index (χ0v) is 9.51. The molecule has 1 unspecified atom stereocenters. The van der Waals surface area contributed by atoms with Gasteiger partial charge in [-0.3, -0.25) is 0 Å². The molecule has 0 aliphatic heterocycles. The molecule has 0 spiro atoms. The van der Waals surface area contributed by atoms with Crippen LogP contribution in [-0.2, 0) is 0 Å². The van der Waals surface area contributed by atoms with Gasteiger partial charge in [-0.15, -0.1) is 0 Å². The van der Waals surface area contributed by atoms with E-state index in [0.29, 0.717) is 0 Å². The molecule has 0 fully saturated rings. The van der Waals surface area contributed by atoms with Crippen molar-refractivity contribution in [3.05, 3.63) is 65.7 Å². The van der Waals surface area contributed by atoms with Crippen molar-refractivity contribution in [2.75, 3.05) is 6.61 Å². The molecule has 2 nitrogen and oxygen atoms in total. The first-order chi connectivity index (χ1) is 8.68. The van der Waals surface area contributed by atoms with Crippen LogP contribution in [0.3, 0.4) is 0 Å². The van der Waals surface area contributed by atoms with Crippen LogP contribution in [0.1, 0.15) is 11.7 Å². The second kappa shape index (κ2) is 5.60. The van der Waals surface area contributed by atoms with E-state index in [4.69, 9.17) is 4.74 Å². The zero-order valence-electron chi connectivity index (χ0n) is 9.51. The van der Waals surface area contributed by atoms with Crippen LogP contribution in [0.25, 0.3) is 0 Å². The Balaban J connectivity index is 2.03. The summed E-state index contributed by atoms with van der Waals surface area (Å²) < 4.78 is 31.7. The maximum absolute atomic E-state index is 13.4. The predicted octanol–water partition coefficient (Wildman–Crippen LogP) is 3.08. The number of benzene rings is 2. The van der Waals surface area contributed by atoms with E-state index in [9.17, 15) is 13.9 Å². The summed E-state index contributed by atoms with van der Waals surface area (Å²) in [6, 6.07) is 11.7. The fourth-order valence-corrected chi connectivity index (χ4v) is 1.57. The van der Waals surface area contributed by atoms with Crippen molar-refractivity contribution in [2.24, 2.45) is 0 Å². The third-order valence-electron chi connectivity index (χ3n) is 2.50. The minimum atomic E-state index is -1.13. The van der Waals surface area contributed by atoms with Gasteiger partial charge in [0.25, 0.3) is 0 Å². The molecule has 0 bridgehead atoms. The fraction of sp³-hybridized carbons (Fsp3) is 0.143. The van der Waals surface area contributed by atoms with E-state index in [1.54, 1.807) is 12.1 Å². The van der Waals surface area contributed by atoms with Crippen molar-refractivity contribution < 1.29 is 18.6 Å². The molecule has 1 N–H and O–H groups in total. The quantitative estimate of drug-likeness (QED) is 0.903. The SMILES string of the molecule is OC(COc1ccccc1F)c1ccccc1F. The Bertz CT molecular complexity index is 529. The predicted molar refractivity (Wildman–Crippen MR) is 63.3 cm³/mol. The summed E-state index contributed by atoms with van der Waals surface area (Å²) in [5, 5.41) is 9.77. The van der Waals surface area contributed by atoms with Crippen molar-refractivity contribution in [2.45, 2.75) is 6.10 Å². The largest absolute Gasteiger partial charge is 0.487 e. The van der Waals surface area contributed by atoms with E-state index in [1.807, 2.05) is 0 Å². The summed E-state index contributed by atoms with van der Waals surface area (Å²) >= 11 is 0. The molecule has 0 amide bonds. The molecular weight excluding hydrogens is 238 g/mol. The fourth-order valence-electron chi connectivity index (χ4n) is 1.57. The highest BCUT2D eigenvalue weighted by atomic mass is 19.1. The molecule has 0 heterocycles. The van der Waals surface area contributed by atoms with Crippen molar-refractivity contribution in [3.63, 3.8) is 0 Å². The highest BCUT2D eigenvalue weighted by Gasteiger charge is 2.13. The van der Waals surface area contributed by atoms with Gasteiger partial charge in [-0.1, -0.05) is 30.3 Å². The van der Waals surface area contributed by atoms with Gasteiger partial charge in [0.1, 0.15) is 18.5 Å². The van der Waals surface area contributed by atoms with Gasteiger partial charge < -0.3 is 9.84 Å². The van der Waals surface area contributed by atoms with Crippen LogP contribution in [-0.4, -0.2) is 11.7 Å². The Morgan fingerprint density at radius 2 is 1.56 bits per heavy atom. The van der Waals surface area contributed by atoms with Crippen LogP contribution in [0.2, 0.25) is 0 Å². The number of rotatable bonds is 4. The Labute approximate surface area is 103 Å². The normalized spacial score (nSPS) is 12.2. The molecule has 0 saturated heterocycles. The lowest BCUT2D eigenvalue weighted by atomic mass is 10.1. The smallest absolute Gasteiger partial charge is 0.165 e. The van der Waals surface area contributed by atoms with Gasteiger partial charge in [0.05, 0.1) is 0 Å². The molecular formula is C14H12F2O2. The lowest BCUT2D eigenvalue weighted by molar-refractivity contribution is 0.103. The number of aliphatic hydroxyl groups is 1. The lowest BCUT2D eigenvalue weighted by Crippen LogP contribution is -2.11. The van der Waals surface area contributed by atoms with E-state index in [0.717, 1.165) is 0 Å². The van der Waals surface area contributed by atoms with Crippen molar-refractivity contribution in [1.29, 1.82) is 0 Å². The van der Waals surface area contributed by atoms with E-state index >= 15 is 0 Å². The molecule has 4 heteroatoms. The molecule has 0 radical (unpaired) electrons. The average molecular weight is 250 g/mol. The van der Waals surface area contributed by atoms with Gasteiger partial charge >= 0.3 is 0 Å². The summed E-state index contributed by atoms with van der Waals surface area (Å²) in [6.45, 7) is -0.206. The van der Waals surface area contributed by atoms with Crippen LogP contribution in [0.4, 0.5) is 8.78 Å². The maximum atomic E-state index is 13.4. The third-order valence-corrected chi connectivity index (χ3v) is 2.50.